The molecule has 0 radical (unpaired) electrons. The molecular weight excluding hydrogens is 346 g/mol. The molecule has 0 bridgehead atoms. The third-order valence-corrected chi connectivity index (χ3v) is 4.45. The fourth-order valence-corrected chi connectivity index (χ4v) is 2.89. The lowest BCUT2D eigenvalue weighted by Crippen LogP contribution is -2.11. The van der Waals surface area contributed by atoms with Crippen LogP contribution >= 0.6 is 0 Å². The number of aldehydes is 1. The van der Waals surface area contributed by atoms with E-state index < -0.39 is 11.4 Å². The predicted molar refractivity (Wildman–Crippen MR) is 105 cm³/mol. The molecule has 7 nitrogen and oxygen atoms in total. The molecule has 146 valence electrons. The van der Waals surface area contributed by atoms with E-state index in [4.69, 9.17) is 0 Å². The number of unbranched alkanes of at least 4 members (excludes halogenated alkanes) is 6. The molecule has 0 aliphatic carbocycles. The minimum absolute atomic E-state index is 0.0308. The number of nitrogens with one attached hydrogen (secondary N) is 2. The standard InChI is InChI=1S/C20H27N3O4/c1-2-3-4-5-6-7-8-9-18(25)21-15-10-12-16(13-11-15)23-20(27)17(14-24)19(26)22-23/h10-14,27H,2-9H2,1H3,(H,21,25)(H,22,26). The summed E-state index contributed by atoms with van der Waals surface area (Å²) in [6, 6.07) is 6.62. The van der Waals surface area contributed by atoms with Gasteiger partial charge >= 0.3 is 0 Å². The van der Waals surface area contributed by atoms with Gasteiger partial charge in [-0.15, -0.1) is 0 Å². The summed E-state index contributed by atoms with van der Waals surface area (Å²) in [5.74, 6) is -0.470. The summed E-state index contributed by atoms with van der Waals surface area (Å²) >= 11 is 0. The predicted octanol–water partition coefficient (Wildman–Crippen LogP) is 3.76. The Kier molecular flexibility index (Phi) is 7.85. The van der Waals surface area contributed by atoms with Crippen LogP contribution in [0.4, 0.5) is 5.69 Å². The Morgan fingerprint density at radius 2 is 1.74 bits per heavy atom. The van der Waals surface area contributed by atoms with E-state index in [0.717, 1.165) is 17.5 Å². The van der Waals surface area contributed by atoms with Gasteiger partial charge in [0.1, 0.15) is 5.56 Å². The fourth-order valence-electron chi connectivity index (χ4n) is 2.89. The van der Waals surface area contributed by atoms with Crippen molar-refractivity contribution in [2.45, 2.75) is 58.3 Å². The van der Waals surface area contributed by atoms with Crippen molar-refractivity contribution in [3.63, 3.8) is 0 Å². The molecule has 0 saturated heterocycles. The molecule has 0 aliphatic rings. The van der Waals surface area contributed by atoms with Gasteiger partial charge < -0.3 is 10.4 Å². The van der Waals surface area contributed by atoms with E-state index in [1.54, 1.807) is 24.3 Å². The molecule has 0 saturated carbocycles. The Labute approximate surface area is 158 Å². The Hall–Kier alpha value is -2.83. The first-order valence-electron chi connectivity index (χ1n) is 9.46. The summed E-state index contributed by atoms with van der Waals surface area (Å²) in [5.41, 5.74) is 0.135. The highest BCUT2D eigenvalue weighted by atomic mass is 16.3. The molecule has 1 amide bonds. The van der Waals surface area contributed by atoms with Crippen molar-refractivity contribution in [1.82, 2.24) is 9.78 Å². The summed E-state index contributed by atoms with van der Waals surface area (Å²) in [4.78, 5) is 34.4. The summed E-state index contributed by atoms with van der Waals surface area (Å²) in [5, 5.41) is 15.1. The number of H-pyrrole nitrogens is 1. The van der Waals surface area contributed by atoms with Crippen molar-refractivity contribution in [2.75, 3.05) is 5.32 Å². The zero-order valence-corrected chi connectivity index (χ0v) is 15.7. The van der Waals surface area contributed by atoms with Crippen LogP contribution in [-0.2, 0) is 4.79 Å². The lowest BCUT2D eigenvalue weighted by Gasteiger charge is -2.08. The van der Waals surface area contributed by atoms with Gasteiger partial charge in [-0.1, -0.05) is 45.4 Å². The van der Waals surface area contributed by atoms with Gasteiger partial charge in [-0.25, -0.2) is 4.68 Å². The number of anilines is 1. The van der Waals surface area contributed by atoms with E-state index >= 15 is 0 Å². The average Bonchev–Trinajstić information content (AvgIpc) is 2.95. The molecule has 27 heavy (non-hydrogen) atoms. The lowest BCUT2D eigenvalue weighted by molar-refractivity contribution is -0.116. The molecule has 2 aromatic rings. The normalized spacial score (nSPS) is 10.7. The maximum Gasteiger partial charge on any atom is 0.279 e. The van der Waals surface area contributed by atoms with Crippen molar-refractivity contribution in [2.24, 2.45) is 0 Å². The maximum absolute atomic E-state index is 12.0. The molecule has 0 unspecified atom stereocenters. The fraction of sp³-hybridized carbons (Fsp3) is 0.450. The van der Waals surface area contributed by atoms with Gasteiger partial charge in [0.05, 0.1) is 5.69 Å². The molecule has 1 aromatic carbocycles. The number of amides is 1. The smallest absolute Gasteiger partial charge is 0.279 e. The van der Waals surface area contributed by atoms with Crippen molar-refractivity contribution in [1.29, 1.82) is 0 Å². The third-order valence-electron chi connectivity index (χ3n) is 4.45. The second-order valence-electron chi connectivity index (χ2n) is 6.60. The van der Waals surface area contributed by atoms with Gasteiger partial charge in [0, 0.05) is 12.1 Å². The van der Waals surface area contributed by atoms with Crippen LogP contribution in [0.25, 0.3) is 5.69 Å². The van der Waals surface area contributed by atoms with Crippen molar-refractivity contribution < 1.29 is 14.7 Å². The highest BCUT2D eigenvalue weighted by Gasteiger charge is 2.14. The first kappa shape index (κ1) is 20.5. The second kappa shape index (κ2) is 10.4. The number of aromatic nitrogens is 2. The minimum Gasteiger partial charge on any atom is -0.493 e. The van der Waals surface area contributed by atoms with Crippen LogP contribution in [0.1, 0.15) is 68.6 Å². The van der Waals surface area contributed by atoms with E-state index in [0.29, 0.717) is 24.1 Å². The van der Waals surface area contributed by atoms with Gasteiger partial charge in [-0.2, -0.15) is 0 Å². The Morgan fingerprint density at radius 1 is 1.11 bits per heavy atom. The van der Waals surface area contributed by atoms with Gasteiger partial charge in [0.2, 0.25) is 11.8 Å². The number of aromatic amines is 1. The summed E-state index contributed by atoms with van der Waals surface area (Å²) in [6.45, 7) is 2.19. The highest BCUT2D eigenvalue weighted by molar-refractivity contribution is 5.90. The van der Waals surface area contributed by atoms with E-state index in [2.05, 4.69) is 17.3 Å². The molecule has 0 spiro atoms. The number of carbonyl (C=O) groups is 2. The van der Waals surface area contributed by atoms with Crippen LogP contribution < -0.4 is 10.9 Å². The van der Waals surface area contributed by atoms with Gasteiger partial charge in [0.25, 0.3) is 5.56 Å². The summed E-state index contributed by atoms with van der Waals surface area (Å²) in [6.07, 6.45) is 8.93. The molecule has 7 heteroatoms. The van der Waals surface area contributed by atoms with Crippen LogP contribution in [0.3, 0.4) is 0 Å². The number of rotatable bonds is 11. The van der Waals surface area contributed by atoms with Crippen molar-refractivity contribution in [3.05, 3.63) is 40.2 Å². The molecule has 3 N–H and O–H groups in total. The topological polar surface area (TPSA) is 104 Å². The number of aromatic hydroxyl groups is 1. The van der Waals surface area contributed by atoms with Crippen LogP contribution in [0.2, 0.25) is 0 Å². The van der Waals surface area contributed by atoms with Gasteiger partial charge in [-0.3, -0.25) is 19.5 Å². The molecular formula is C20H27N3O4. The Morgan fingerprint density at radius 3 is 2.33 bits per heavy atom. The molecule has 0 aliphatic heterocycles. The second-order valence-corrected chi connectivity index (χ2v) is 6.60. The molecule has 0 atom stereocenters. The number of benzene rings is 1. The van der Waals surface area contributed by atoms with E-state index in [1.807, 2.05) is 0 Å². The quantitative estimate of drug-likeness (QED) is 0.412. The maximum atomic E-state index is 12.0. The number of hydrogen-bond acceptors (Lipinski definition) is 4. The molecule has 1 aromatic heterocycles. The summed E-state index contributed by atoms with van der Waals surface area (Å²) in [7, 11) is 0. The van der Waals surface area contributed by atoms with Crippen molar-refractivity contribution >= 4 is 17.9 Å². The lowest BCUT2D eigenvalue weighted by atomic mass is 10.1. The SMILES string of the molecule is CCCCCCCCCC(=O)Nc1ccc(-n2[nH]c(=O)c(C=O)c2O)cc1. The minimum atomic E-state index is -0.658. The monoisotopic (exact) mass is 373 g/mol. The zero-order valence-electron chi connectivity index (χ0n) is 15.7. The number of hydrogen-bond donors (Lipinski definition) is 3. The highest BCUT2D eigenvalue weighted by Crippen LogP contribution is 2.19. The van der Waals surface area contributed by atoms with E-state index in [-0.39, 0.29) is 11.5 Å². The largest absolute Gasteiger partial charge is 0.493 e. The Bertz CT molecular complexity index is 806. The van der Waals surface area contributed by atoms with E-state index in [9.17, 15) is 19.5 Å². The first-order chi connectivity index (χ1) is 13.1. The molecule has 2 rings (SSSR count). The third kappa shape index (κ3) is 5.84. The van der Waals surface area contributed by atoms with Crippen LogP contribution in [0.5, 0.6) is 5.88 Å². The van der Waals surface area contributed by atoms with Crippen LogP contribution in [0.15, 0.2) is 29.1 Å². The molecule has 0 fully saturated rings. The number of nitrogens with zero attached hydrogens (tertiary/aromatic N) is 1. The van der Waals surface area contributed by atoms with Crippen LogP contribution in [0, 0.1) is 0 Å². The first-order valence-corrected chi connectivity index (χ1v) is 9.46. The average molecular weight is 373 g/mol. The van der Waals surface area contributed by atoms with Crippen LogP contribution in [-0.4, -0.2) is 27.1 Å². The summed E-state index contributed by atoms with van der Waals surface area (Å²) < 4.78 is 1.12. The molecule has 1 heterocycles. The van der Waals surface area contributed by atoms with Gasteiger partial charge in [0.15, 0.2) is 6.29 Å². The van der Waals surface area contributed by atoms with Gasteiger partial charge in [-0.05, 0) is 30.7 Å². The number of carbonyl (C=O) groups excluding carboxylic acids is 2. The zero-order chi connectivity index (χ0) is 19.6. The van der Waals surface area contributed by atoms with E-state index in [1.165, 1.54) is 32.1 Å². The Balaban J connectivity index is 1.82. The van der Waals surface area contributed by atoms with Crippen molar-refractivity contribution in [3.8, 4) is 11.6 Å².